The molecule has 84 valence electrons. The van der Waals surface area contributed by atoms with Gasteiger partial charge < -0.3 is 20.3 Å². The van der Waals surface area contributed by atoms with Crippen LogP contribution >= 0.6 is 0 Å². The molecular formula is C10H14FNO3. The summed E-state index contributed by atoms with van der Waals surface area (Å²) in [4.78, 5) is 0. The molecule has 0 aromatic heterocycles. The van der Waals surface area contributed by atoms with E-state index in [2.05, 4.69) is 5.32 Å². The lowest BCUT2D eigenvalue weighted by molar-refractivity contribution is 0.168. The Balaban J connectivity index is 3.14. The molecule has 4 nitrogen and oxygen atoms in total. The zero-order chi connectivity index (χ0) is 11.4. The number of aromatic hydroxyl groups is 1. The lowest BCUT2D eigenvalue weighted by Gasteiger charge is -2.14. The smallest absolute Gasteiger partial charge is 0.166 e. The summed E-state index contributed by atoms with van der Waals surface area (Å²) in [6.45, 7) is 0.150. The van der Waals surface area contributed by atoms with E-state index in [9.17, 15) is 14.6 Å². The van der Waals surface area contributed by atoms with E-state index in [1.807, 2.05) is 0 Å². The predicted molar refractivity (Wildman–Crippen MR) is 53.5 cm³/mol. The van der Waals surface area contributed by atoms with Crippen LogP contribution in [0, 0.1) is 5.82 Å². The van der Waals surface area contributed by atoms with Crippen LogP contribution in [-0.2, 0) is 0 Å². The van der Waals surface area contributed by atoms with E-state index in [-0.39, 0.29) is 23.6 Å². The maximum Gasteiger partial charge on any atom is 0.166 e. The van der Waals surface area contributed by atoms with Gasteiger partial charge in [-0.2, -0.15) is 0 Å². The third kappa shape index (κ3) is 2.37. The first-order chi connectivity index (χ1) is 7.11. The molecule has 1 rings (SSSR count). The lowest BCUT2D eigenvalue weighted by Crippen LogP contribution is -2.18. The Bertz CT molecular complexity index is 344. The van der Waals surface area contributed by atoms with Crippen molar-refractivity contribution in [2.75, 3.05) is 20.7 Å². The summed E-state index contributed by atoms with van der Waals surface area (Å²) in [5, 5.41) is 21.9. The second-order valence-electron chi connectivity index (χ2n) is 3.09. The average molecular weight is 215 g/mol. The van der Waals surface area contributed by atoms with Gasteiger partial charge in [0.1, 0.15) is 5.82 Å². The van der Waals surface area contributed by atoms with E-state index in [1.54, 1.807) is 7.05 Å². The molecule has 0 spiro atoms. The molecule has 0 aliphatic heterocycles. The molecule has 0 aliphatic carbocycles. The number of likely N-dealkylation sites (N-methyl/N-ethyl adjacent to an activating group) is 1. The quantitative estimate of drug-likeness (QED) is 0.695. The van der Waals surface area contributed by atoms with Gasteiger partial charge in [0.15, 0.2) is 11.5 Å². The third-order valence-electron chi connectivity index (χ3n) is 2.08. The number of phenolic OH excluding ortho intramolecular Hbond substituents is 1. The number of ether oxygens (including phenoxy) is 1. The number of rotatable bonds is 4. The van der Waals surface area contributed by atoms with Gasteiger partial charge in [-0.1, -0.05) is 0 Å². The summed E-state index contributed by atoms with van der Waals surface area (Å²) in [6, 6.07) is 2.45. The highest BCUT2D eigenvalue weighted by Crippen LogP contribution is 2.35. The fourth-order valence-electron chi connectivity index (χ4n) is 1.34. The first-order valence-corrected chi connectivity index (χ1v) is 4.49. The maximum atomic E-state index is 13.3. The number of halogens is 1. The number of hydrogen-bond donors (Lipinski definition) is 3. The molecule has 0 bridgehead atoms. The number of aliphatic hydroxyl groups excluding tert-OH is 1. The molecule has 0 saturated carbocycles. The van der Waals surface area contributed by atoms with Gasteiger partial charge in [0.25, 0.3) is 0 Å². The van der Waals surface area contributed by atoms with Gasteiger partial charge in [-0.05, 0) is 19.2 Å². The molecule has 1 aromatic carbocycles. The molecule has 0 aliphatic rings. The molecule has 0 fully saturated rings. The van der Waals surface area contributed by atoms with Crippen LogP contribution in [0.25, 0.3) is 0 Å². The van der Waals surface area contributed by atoms with Crippen molar-refractivity contribution in [3.05, 3.63) is 23.5 Å². The second-order valence-corrected chi connectivity index (χ2v) is 3.09. The predicted octanol–water partition coefficient (Wildman–Crippen LogP) is 0.793. The zero-order valence-electron chi connectivity index (χ0n) is 8.62. The molecule has 0 saturated heterocycles. The number of phenols is 1. The van der Waals surface area contributed by atoms with Crippen molar-refractivity contribution in [2.24, 2.45) is 0 Å². The minimum absolute atomic E-state index is 0.140. The summed E-state index contributed by atoms with van der Waals surface area (Å²) >= 11 is 0. The minimum atomic E-state index is -1.11. The maximum absolute atomic E-state index is 13.3. The second kappa shape index (κ2) is 4.95. The normalized spacial score (nSPS) is 12.5. The van der Waals surface area contributed by atoms with E-state index < -0.39 is 11.9 Å². The topological polar surface area (TPSA) is 61.7 Å². The molecule has 0 radical (unpaired) electrons. The molecule has 1 aromatic rings. The van der Waals surface area contributed by atoms with Crippen LogP contribution in [0.2, 0.25) is 0 Å². The molecule has 15 heavy (non-hydrogen) atoms. The monoisotopic (exact) mass is 215 g/mol. The Kier molecular flexibility index (Phi) is 3.88. The van der Waals surface area contributed by atoms with Crippen molar-refractivity contribution in [3.8, 4) is 11.5 Å². The highest BCUT2D eigenvalue weighted by atomic mass is 19.1. The summed E-state index contributed by atoms with van der Waals surface area (Å²) < 4.78 is 18.2. The molecule has 1 unspecified atom stereocenters. The van der Waals surface area contributed by atoms with Crippen molar-refractivity contribution in [1.29, 1.82) is 0 Å². The van der Waals surface area contributed by atoms with Crippen LogP contribution in [-0.4, -0.2) is 30.9 Å². The minimum Gasteiger partial charge on any atom is -0.504 e. The van der Waals surface area contributed by atoms with E-state index in [4.69, 9.17) is 4.74 Å². The van der Waals surface area contributed by atoms with Crippen LogP contribution in [0.5, 0.6) is 11.5 Å². The number of methoxy groups -OCH3 is 1. The molecular weight excluding hydrogens is 201 g/mol. The lowest BCUT2D eigenvalue weighted by atomic mass is 10.1. The largest absolute Gasteiger partial charge is 0.504 e. The Morgan fingerprint density at radius 2 is 2.20 bits per heavy atom. The van der Waals surface area contributed by atoms with Crippen LogP contribution < -0.4 is 10.1 Å². The van der Waals surface area contributed by atoms with Crippen molar-refractivity contribution >= 4 is 0 Å². The summed E-state index contributed by atoms with van der Waals surface area (Å²) in [5.74, 6) is -0.877. The van der Waals surface area contributed by atoms with E-state index in [0.717, 1.165) is 6.07 Å². The van der Waals surface area contributed by atoms with Crippen molar-refractivity contribution in [1.82, 2.24) is 5.32 Å². The van der Waals surface area contributed by atoms with E-state index in [0.29, 0.717) is 0 Å². The van der Waals surface area contributed by atoms with Gasteiger partial charge in [0, 0.05) is 6.54 Å². The third-order valence-corrected chi connectivity index (χ3v) is 2.08. The van der Waals surface area contributed by atoms with Crippen molar-refractivity contribution < 1.29 is 19.3 Å². The first kappa shape index (κ1) is 11.7. The highest BCUT2D eigenvalue weighted by molar-refractivity contribution is 5.47. The van der Waals surface area contributed by atoms with E-state index >= 15 is 0 Å². The summed E-state index contributed by atoms with van der Waals surface area (Å²) in [7, 11) is 2.99. The summed E-state index contributed by atoms with van der Waals surface area (Å²) in [5.41, 5.74) is -0.149. The molecule has 0 heterocycles. The Hall–Kier alpha value is -1.33. The van der Waals surface area contributed by atoms with Crippen LogP contribution in [0.15, 0.2) is 12.1 Å². The van der Waals surface area contributed by atoms with Crippen LogP contribution in [0.3, 0.4) is 0 Å². The molecule has 5 heteroatoms. The molecule has 0 amide bonds. The Morgan fingerprint density at radius 3 is 2.73 bits per heavy atom. The molecule has 1 atom stereocenters. The fourth-order valence-corrected chi connectivity index (χ4v) is 1.34. The summed E-state index contributed by atoms with van der Waals surface area (Å²) in [6.07, 6.45) is -1.11. The Labute approximate surface area is 87.3 Å². The average Bonchev–Trinajstić information content (AvgIpc) is 2.18. The number of nitrogens with one attached hydrogen (secondary N) is 1. The highest BCUT2D eigenvalue weighted by Gasteiger charge is 2.19. The van der Waals surface area contributed by atoms with Crippen LogP contribution in [0.4, 0.5) is 4.39 Å². The van der Waals surface area contributed by atoms with Crippen molar-refractivity contribution in [3.63, 3.8) is 0 Å². The van der Waals surface area contributed by atoms with Gasteiger partial charge >= 0.3 is 0 Å². The number of benzene rings is 1. The van der Waals surface area contributed by atoms with E-state index in [1.165, 1.54) is 13.2 Å². The first-order valence-electron chi connectivity index (χ1n) is 4.49. The van der Waals surface area contributed by atoms with Gasteiger partial charge in [-0.25, -0.2) is 4.39 Å². The zero-order valence-corrected chi connectivity index (χ0v) is 8.62. The Morgan fingerprint density at radius 1 is 1.53 bits per heavy atom. The number of aliphatic hydroxyl groups is 1. The molecule has 3 N–H and O–H groups in total. The van der Waals surface area contributed by atoms with Gasteiger partial charge in [0.2, 0.25) is 0 Å². The fraction of sp³-hybridized carbons (Fsp3) is 0.400. The van der Waals surface area contributed by atoms with Gasteiger partial charge in [-0.3, -0.25) is 0 Å². The SMILES string of the molecule is CNCC(O)c1c(F)ccc(OC)c1O. The van der Waals surface area contributed by atoms with Crippen LogP contribution in [0.1, 0.15) is 11.7 Å². The standard InChI is InChI=1S/C10H14FNO3/c1-12-5-7(13)9-6(11)3-4-8(15-2)10(9)14/h3-4,7,12-14H,5H2,1-2H3. The van der Waals surface area contributed by atoms with Crippen molar-refractivity contribution in [2.45, 2.75) is 6.10 Å². The number of hydrogen-bond acceptors (Lipinski definition) is 4. The van der Waals surface area contributed by atoms with Gasteiger partial charge in [0.05, 0.1) is 18.8 Å². The van der Waals surface area contributed by atoms with Gasteiger partial charge in [-0.15, -0.1) is 0 Å².